The van der Waals surface area contributed by atoms with Crippen molar-refractivity contribution in [2.75, 3.05) is 40.1 Å². The van der Waals surface area contributed by atoms with Crippen LogP contribution in [0, 0.1) is 0 Å². The summed E-state index contributed by atoms with van der Waals surface area (Å²) >= 11 is 0. The first kappa shape index (κ1) is 21.3. The minimum atomic E-state index is 0.262. The zero-order chi connectivity index (χ0) is 23.1. The molecule has 176 valence electrons. The number of aromatic nitrogens is 1. The quantitative estimate of drug-likeness (QED) is 0.413. The van der Waals surface area contributed by atoms with Crippen LogP contribution in [0.4, 0.5) is 0 Å². The third-order valence-electron chi connectivity index (χ3n) is 7.15. The van der Waals surface area contributed by atoms with Crippen LogP contribution in [-0.4, -0.2) is 54.4 Å². The van der Waals surface area contributed by atoms with Crippen LogP contribution in [-0.2, 0) is 19.6 Å². The number of hydrogen-bond donors (Lipinski definition) is 0. The Balaban J connectivity index is 1.13. The number of rotatable bonds is 6. The summed E-state index contributed by atoms with van der Waals surface area (Å²) in [5.74, 6) is 2.26. The second-order valence-electron chi connectivity index (χ2n) is 9.20. The van der Waals surface area contributed by atoms with Gasteiger partial charge in [0.15, 0.2) is 11.5 Å². The van der Waals surface area contributed by atoms with Crippen LogP contribution < -0.4 is 14.2 Å². The van der Waals surface area contributed by atoms with Crippen LogP contribution in [0.25, 0.3) is 21.8 Å². The molecule has 6 heteroatoms. The van der Waals surface area contributed by atoms with Crippen molar-refractivity contribution in [3.63, 3.8) is 0 Å². The predicted octanol–water partition coefficient (Wildman–Crippen LogP) is 4.87. The van der Waals surface area contributed by atoms with Crippen LogP contribution in [0.3, 0.4) is 0 Å². The predicted molar refractivity (Wildman–Crippen MR) is 135 cm³/mol. The van der Waals surface area contributed by atoms with Crippen molar-refractivity contribution in [2.24, 2.45) is 0 Å². The van der Waals surface area contributed by atoms with Gasteiger partial charge in [0.1, 0.15) is 0 Å². The lowest BCUT2D eigenvalue weighted by atomic mass is 10.1. The smallest absolute Gasteiger partial charge is 0.231 e. The van der Waals surface area contributed by atoms with Crippen molar-refractivity contribution in [1.82, 2.24) is 14.4 Å². The molecule has 0 bridgehead atoms. The fourth-order valence-corrected chi connectivity index (χ4v) is 5.44. The molecule has 1 saturated heterocycles. The summed E-state index contributed by atoms with van der Waals surface area (Å²) in [5, 5.41) is 2.72. The van der Waals surface area contributed by atoms with E-state index in [4.69, 9.17) is 14.2 Å². The molecular formula is C28H31N3O3. The molecule has 1 aromatic heterocycles. The normalized spacial score (nSPS) is 16.5. The Labute approximate surface area is 200 Å². The number of ether oxygens (including phenoxy) is 3. The van der Waals surface area contributed by atoms with E-state index in [1.165, 1.54) is 32.9 Å². The molecule has 2 aliphatic rings. The molecule has 0 atom stereocenters. The zero-order valence-corrected chi connectivity index (χ0v) is 19.9. The Morgan fingerprint density at radius 2 is 1.53 bits per heavy atom. The van der Waals surface area contributed by atoms with E-state index in [9.17, 15) is 0 Å². The van der Waals surface area contributed by atoms with E-state index < -0.39 is 0 Å². The minimum Gasteiger partial charge on any atom is -0.493 e. The highest BCUT2D eigenvalue weighted by Crippen LogP contribution is 2.42. The molecule has 3 aromatic carbocycles. The number of fused-ring (bicyclic) bond motifs is 4. The molecule has 3 heterocycles. The van der Waals surface area contributed by atoms with E-state index in [0.717, 1.165) is 63.1 Å². The lowest BCUT2D eigenvalue weighted by Crippen LogP contribution is -2.45. The van der Waals surface area contributed by atoms with E-state index >= 15 is 0 Å². The number of para-hydroxylation sites is 1. The van der Waals surface area contributed by atoms with Gasteiger partial charge in [0.05, 0.1) is 7.11 Å². The summed E-state index contributed by atoms with van der Waals surface area (Å²) < 4.78 is 19.0. The van der Waals surface area contributed by atoms with Crippen LogP contribution in [0.15, 0.2) is 54.6 Å². The van der Waals surface area contributed by atoms with Gasteiger partial charge in [-0.25, -0.2) is 0 Å². The summed E-state index contributed by atoms with van der Waals surface area (Å²) in [6.07, 6.45) is 0. The molecule has 34 heavy (non-hydrogen) atoms. The van der Waals surface area contributed by atoms with Crippen molar-refractivity contribution in [3.05, 3.63) is 65.7 Å². The van der Waals surface area contributed by atoms with Gasteiger partial charge in [-0.05, 0) is 48.4 Å². The third kappa shape index (κ3) is 3.77. The van der Waals surface area contributed by atoms with Crippen LogP contribution in [0.2, 0.25) is 0 Å². The highest BCUT2D eigenvalue weighted by Gasteiger charge is 2.22. The monoisotopic (exact) mass is 457 g/mol. The van der Waals surface area contributed by atoms with Crippen LogP contribution in [0.5, 0.6) is 17.2 Å². The highest BCUT2D eigenvalue weighted by molar-refractivity contribution is 6.08. The molecule has 0 radical (unpaired) electrons. The summed E-state index contributed by atoms with van der Waals surface area (Å²) in [7, 11) is 1.68. The van der Waals surface area contributed by atoms with Gasteiger partial charge in [0, 0.05) is 67.6 Å². The van der Waals surface area contributed by atoms with Crippen molar-refractivity contribution < 1.29 is 14.2 Å². The fraction of sp³-hybridized carbons (Fsp3) is 0.357. The Morgan fingerprint density at radius 3 is 2.29 bits per heavy atom. The maximum Gasteiger partial charge on any atom is 0.231 e. The molecule has 6 rings (SSSR count). The first-order chi connectivity index (χ1) is 16.7. The number of hydrogen-bond acceptors (Lipinski definition) is 5. The lowest BCUT2D eigenvalue weighted by molar-refractivity contribution is 0.122. The van der Waals surface area contributed by atoms with E-state index in [0.29, 0.717) is 0 Å². The van der Waals surface area contributed by atoms with Gasteiger partial charge in [-0.1, -0.05) is 24.3 Å². The topological polar surface area (TPSA) is 39.1 Å². The SMILES string of the molecule is CCn1c2ccccc2c2cc(CN3CCN(Cc4cc(OC)c5c(c4)OCO5)CC3)ccc21. The van der Waals surface area contributed by atoms with E-state index in [1.807, 2.05) is 0 Å². The highest BCUT2D eigenvalue weighted by atomic mass is 16.7. The Kier molecular flexibility index (Phi) is 5.55. The molecule has 6 nitrogen and oxygen atoms in total. The molecule has 0 spiro atoms. The zero-order valence-electron chi connectivity index (χ0n) is 19.9. The van der Waals surface area contributed by atoms with Crippen molar-refractivity contribution in [1.29, 1.82) is 0 Å². The summed E-state index contributed by atoms with van der Waals surface area (Å²) in [6, 6.07) is 19.9. The molecule has 0 amide bonds. The average Bonchev–Trinajstić information content (AvgIpc) is 3.47. The molecular weight excluding hydrogens is 426 g/mol. The molecule has 4 aromatic rings. The number of methoxy groups -OCH3 is 1. The van der Waals surface area contributed by atoms with Crippen molar-refractivity contribution >= 4 is 21.8 Å². The van der Waals surface area contributed by atoms with Gasteiger partial charge in [-0.15, -0.1) is 0 Å². The molecule has 2 aliphatic heterocycles. The summed E-state index contributed by atoms with van der Waals surface area (Å²) in [4.78, 5) is 5.07. The van der Waals surface area contributed by atoms with Gasteiger partial charge in [0.25, 0.3) is 0 Å². The van der Waals surface area contributed by atoms with Gasteiger partial charge >= 0.3 is 0 Å². The maximum atomic E-state index is 5.59. The number of aryl methyl sites for hydroxylation is 1. The van der Waals surface area contributed by atoms with Gasteiger partial charge < -0.3 is 18.8 Å². The largest absolute Gasteiger partial charge is 0.493 e. The summed E-state index contributed by atoms with van der Waals surface area (Å²) in [5.41, 5.74) is 5.25. The third-order valence-corrected chi connectivity index (χ3v) is 7.15. The first-order valence-electron chi connectivity index (χ1n) is 12.1. The molecule has 0 saturated carbocycles. The molecule has 1 fully saturated rings. The Morgan fingerprint density at radius 1 is 0.794 bits per heavy atom. The second kappa shape index (κ2) is 8.85. The summed E-state index contributed by atoms with van der Waals surface area (Å²) in [6.45, 7) is 9.59. The van der Waals surface area contributed by atoms with E-state index in [1.54, 1.807) is 7.11 Å². The second-order valence-corrected chi connectivity index (χ2v) is 9.20. The Hall–Kier alpha value is -3.22. The maximum absolute atomic E-state index is 5.59. The number of benzene rings is 3. The van der Waals surface area contributed by atoms with Gasteiger partial charge in [-0.3, -0.25) is 9.80 Å². The number of nitrogens with zero attached hydrogens (tertiary/aromatic N) is 3. The first-order valence-corrected chi connectivity index (χ1v) is 12.1. The van der Waals surface area contributed by atoms with Crippen molar-refractivity contribution in [2.45, 2.75) is 26.6 Å². The van der Waals surface area contributed by atoms with Crippen LogP contribution >= 0.6 is 0 Å². The number of piperazine rings is 1. The molecule has 0 unspecified atom stereocenters. The lowest BCUT2D eigenvalue weighted by Gasteiger charge is -2.34. The van der Waals surface area contributed by atoms with Gasteiger partial charge in [0.2, 0.25) is 12.5 Å². The van der Waals surface area contributed by atoms with E-state index in [-0.39, 0.29) is 6.79 Å². The van der Waals surface area contributed by atoms with E-state index in [2.05, 4.69) is 75.9 Å². The molecule has 0 N–H and O–H groups in total. The standard InChI is InChI=1S/C28H31N3O3/c1-3-31-24-7-5-4-6-22(24)23-14-20(8-9-25(23)31)17-29-10-12-30(13-11-29)18-21-15-26(32-2)28-27(16-21)33-19-34-28/h4-9,14-16H,3,10-13,17-19H2,1-2H3. The fourth-order valence-electron chi connectivity index (χ4n) is 5.44. The minimum absolute atomic E-state index is 0.262. The Bertz CT molecular complexity index is 1340. The average molecular weight is 458 g/mol. The van der Waals surface area contributed by atoms with Crippen LogP contribution in [0.1, 0.15) is 18.1 Å². The van der Waals surface area contributed by atoms with Gasteiger partial charge in [-0.2, -0.15) is 0 Å². The van der Waals surface area contributed by atoms with Crippen molar-refractivity contribution in [3.8, 4) is 17.2 Å². The molecule has 0 aliphatic carbocycles.